The smallest absolute Gasteiger partial charge is 0.277 e. The first-order valence-electron chi connectivity index (χ1n) is 10.6. The van der Waals surface area contributed by atoms with Crippen LogP contribution >= 0.6 is 11.6 Å². The Labute approximate surface area is 206 Å². The number of rotatable bonds is 8. The monoisotopic (exact) mass is 502 g/mol. The number of aliphatic hydroxyl groups is 1. The molecule has 3 rings (SSSR count). The fraction of sp³-hybridized carbons (Fsp3) is 0.280. The molecule has 0 spiro atoms. The van der Waals surface area contributed by atoms with Crippen LogP contribution in [0.3, 0.4) is 0 Å². The molecule has 184 valence electrons. The van der Waals surface area contributed by atoms with Gasteiger partial charge in [0.15, 0.2) is 5.82 Å². The van der Waals surface area contributed by atoms with E-state index in [1.807, 2.05) is 0 Å². The van der Waals surface area contributed by atoms with E-state index in [0.717, 1.165) is 6.20 Å². The van der Waals surface area contributed by atoms with Crippen molar-refractivity contribution in [3.8, 4) is 11.4 Å². The molecule has 0 radical (unpaired) electrons. The standard InChI is InChI=1S/C25H25ClF2N4O3/c1-6-18(31-13-25(4,5)34)19-9-21(14(2)10-29-19)32-15(3)7-22(23(26)24(32)33)35-12-20-17(28)8-16(27)11-30-20/h6-11,34H,1,12-13H2,2-5H3/b31-18+. The number of aryl methyl sites for hydroxylation is 2. The van der Waals surface area contributed by atoms with Crippen LogP contribution in [-0.4, -0.2) is 37.5 Å². The van der Waals surface area contributed by atoms with Crippen LogP contribution in [0.25, 0.3) is 5.69 Å². The molecular weight excluding hydrogens is 478 g/mol. The van der Waals surface area contributed by atoms with E-state index in [0.29, 0.717) is 34.4 Å². The number of nitrogens with zero attached hydrogens (tertiary/aromatic N) is 4. The summed E-state index contributed by atoms with van der Waals surface area (Å²) >= 11 is 6.32. The number of hydrogen-bond donors (Lipinski definition) is 1. The SMILES string of the molecule is C=C/C(=N\CC(C)(C)O)c1cc(-n2c(C)cc(OCc3ncc(F)cc3F)c(Cl)c2=O)c(C)cn1. The first-order chi connectivity index (χ1) is 16.4. The van der Waals surface area contributed by atoms with E-state index >= 15 is 0 Å². The highest BCUT2D eigenvalue weighted by Gasteiger charge is 2.18. The van der Waals surface area contributed by atoms with Crippen molar-refractivity contribution in [1.82, 2.24) is 14.5 Å². The van der Waals surface area contributed by atoms with Crippen LogP contribution in [0.15, 0.2) is 53.0 Å². The molecule has 0 aliphatic heterocycles. The van der Waals surface area contributed by atoms with Crippen molar-refractivity contribution in [2.75, 3.05) is 6.54 Å². The van der Waals surface area contributed by atoms with Gasteiger partial charge in [-0.2, -0.15) is 0 Å². The second-order valence-corrected chi connectivity index (χ2v) is 8.93. The predicted octanol–water partition coefficient (Wildman–Crippen LogP) is 4.50. The molecule has 0 saturated carbocycles. The molecule has 7 nitrogen and oxygen atoms in total. The number of ether oxygens (including phenoxy) is 1. The van der Waals surface area contributed by atoms with Crippen LogP contribution in [0.1, 0.15) is 36.5 Å². The molecule has 0 aromatic carbocycles. The van der Waals surface area contributed by atoms with Gasteiger partial charge in [0.05, 0.1) is 35.4 Å². The number of aromatic nitrogens is 3. The third kappa shape index (κ3) is 6.17. The molecule has 1 N–H and O–H groups in total. The third-order valence-electron chi connectivity index (χ3n) is 4.96. The molecule has 0 saturated heterocycles. The summed E-state index contributed by atoms with van der Waals surface area (Å²) in [6.45, 7) is 10.3. The predicted molar refractivity (Wildman–Crippen MR) is 131 cm³/mol. The van der Waals surface area contributed by atoms with Gasteiger partial charge >= 0.3 is 0 Å². The number of allylic oxidation sites excluding steroid dienone is 1. The average molecular weight is 503 g/mol. The lowest BCUT2D eigenvalue weighted by molar-refractivity contribution is 0.0905. The molecule has 10 heteroatoms. The minimum absolute atomic E-state index is 0.0430. The van der Waals surface area contributed by atoms with Crippen LogP contribution in [0.2, 0.25) is 5.02 Å². The molecule has 35 heavy (non-hydrogen) atoms. The number of aliphatic imine (C=N–C) groups is 1. The Balaban J connectivity index is 2.00. The summed E-state index contributed by atoms with van der Waals surface area (Å²) in [5.74, 6) is -1.63. The van der Waals surface area contributed by atoms with Gasteiger partial charge in [0.25, 0.3) is 5.56 Å². The minimum atomic E-state index is -1.01. The Morgan fingerprint density at radius 2 is 1.97 bits per heavy atom. The molecule has 0 fully saturated rings. The van der Waals surface area contributed by atoms with E-state index in [1.54, 1.807) is 46.0 Å². The summed E-state index contributed by atoms with van der Waals surface area (Å²) in [6, 6.07) is 3.92. The average Bonchev–Trinajstić information content (AvgIpc) is 2.77. The summed E-state index contributed by atoms with van der Waals surface area (Å²) < 4.78 is 33.9. The van der Waals surface area contributed by atoms with Gasteiger partial charge in [0, 0.05) is 24.0 Å². The van der Waals surface area contributed by atoms with Gasteiger partial charge < -0.3 is 9.84 Å². The highest BCUT2D eigenvalue weighted by Crippen LogP contribution is 2.26. The summed E-state index contributed by atoms with van der Waals surface area (Å²) in [5.41, 5.74) is 0.956. The molecule has 3 aromatic rings. The summed E-state index contributed by atoms with van der Waals surface area (Å²) in [5, 5.41) is 9.77. The summed E-state index contributed by atoms with van der Waals surface area (Å²) in [6.07, 6.45) is 4.00. The quantitative estimate of drug-likeness (QED) is 0.458. The maximum atomic E-state index is 13.9. The van der Waals surface area contributed by atoms with Gasteiger partial charge in [-0.1, -0.05) is 18.2 Å². The van der Waals surface area contributed by atoms with Gasteiger partial charge in [-0.3, -0.25) is 24.3 Å². The van der Waals surface area contributed by atoms with Gasteiger partial charge in [-0.15, -0.1) is 0 Å². The Bertz CT molecular complexity index is 1360. The summed E-state index contributed by atoms with van der Waals surface area (Å²) in [7, 11) is 0. The fourth-order valence-corrected chi connectivity index (χ4v) is 3.40. The van der Waals surface area contributed by atoms with Crippen molar-refractivity contribution in [2.45, 2.75) is 39.9 Å². The first-order valence-corrected chi connectivity index (χ1v) is 11.0. The van der Waals surface area contributed by atoms with E-state index in [2.05, 4.69) is 21.5 Å². The lowest BCUT2D eigenvalue weighted by atomic mass is 10.1. The molecule has 0 unspecified atom stereocenters. The second-order valence-electron chi connectivity index (χ2n) is 8.55. The van der Waals surface area contributed by atoms with Crippen LogP contribution in [-0.2, 0) is 6.61 Å². The van der Waals surface area contributed by atoms with Crippen LogP contribution in [0.4, 0.5) is 8.78 Å². The van der Waals surface area contributed by atoms with E-state index in [4.69, 9.17) is 16.3 Å². The Kier molecular flexibility index (Phi) is 7.82. The molecule has 0 aliphatic rings. The number of halogens is 3. The van der Waals surface area contributed by atoms with E-state index in [9.17, 15) is 18.7 Å². The maximum Gasteiger partial charge on any atom is 0.277 e. The number of hydrogen-bond acceptors (Lipinski definition) is 6. The first kappa shape index (κ1) is 26.2. The molecule has 0 bridgehead atoms. The van der Waals surface area contributed by atoms with Crippen LogP contribution in [0.5, 0.6) is 5.75 Å². The van der Waals surface area contributed by atoms with Gasteiger partial charge in [-0.25, -0.2) is 8.78 Å². The molecule has 3 aromatic heterocycles. The minimum Gasteiger partial charge on any atom is -0.485 e. The zero-order valence-electron chi connectivity index (χ0n) is 19.8. The van der Waals surface area contributed by atoms with Gasteiger partial charge in [-0.05, 0) is 45.4 Å². The second kappa shape index (κ2) is 10.5. The van der Waals surface area contributed by atoms with Crippen molar-refractivity contribution < 1.29 is 18.6 Å². The Morgan fingerprint density at radius 1 is 1.26 bits per heavy atom. The lowest BCUT2D eigenvalue weighted by Crippen LogP contribution is -2.24. The Morgan fingerprint density at radius 3 is 2.60 bits per heavy atom. The van der Waals surface area contributed by atoms with Crippen molar-refractivity contribution >= 4 is 17.3 Å². The molecule has 0 atom stereocenters. The zero-order valence-corrected chi connectivity index (χ0v) is 20.5. The summed E-state index contributed by atoms with van der Waals surface area (Å²) in [4.78, 5) is 25.6. The van der Waals surface area contributed by atoms with Gasteiger partial charge in [0.1, 0.15) is 28.9 Å². The largest absolute Gasteiger partial charge is 0.485 e. The van der Waals surface area contributed by atoms with E-state index in [-0.39, 0.29) is 29.6 Å². The zero-order chi connectivity index (χ0) is 25.9. The highest BCUT2D eigenvalue weighted by atomic mass is 35.5. The molecule has 0 amide bonds. The van der Waals surface area contributed by atoms with E-state index in [1.165, 1.54) is 10.6 Å². The van der Waals surface area contributed by atoms with Crippen molar-refractivity contribution in [1.29, 1.82) is 0 Å². The van der Waals surface area contributed by atoms with Crippen molar-refractivity contribution in [2.24, 2.45) is 4.99 Å². The maximum absolute atomic E-state index is 13.9. The topological polar surface area (TPSA) is 89.6 Å². The van der Waals surface area contributed by atoms with Gasteiger partial charge in [0.2, 0.25) is 0 Å². The van der Waals surface area contributed by atoms with E-state index < -0.39 is 22.8 Å². The lowest BCUT2D eigenvalue weighted by Gasteiger charge is -2.17. The highest BCUT2D eigenvalue weighted by molar-refractivity contribution is 6.31. The molecular formula is C25H25ClF2N4O3. The van der Waals surface area contributed by atoms with Crippen molar-refractivity contribution in [3.05, 3.63) is 92.9 Å². The molecule has 3 heterocycles. The molecule has 0 aliphatic carbocycles. The number of pyridine rings is 3. The Hall–Kier alpha value is -3.43. The van der Waals surface area contributed by atoms with Crippen molar-refractivity contribution in [3.63, 3.8) is 0 Å². The third-order valence-corrected chi connectivity index (χ3v) is 5.30. The van der Waals surface area contributed by atoms with Crippen LogP contribution < -0.4 is 10.3 Å². The fourth-order valence-electron chi connectivity index (χ4n) is 3.20. The van der Waals surface area contributed by atoms with Crippen LogP contribution in [0, 0.1) is 25.5 Å². The normalized spacial score (nSPS) is 12.1.